The van der Waals surface area contributed by atoms with Crippen LogP contribution in [0.15, 0.2) is 0 Å². The first kappa shape index (κ1) is 14.5. The molecule has 0 atom stereocenters. The van der Waals surface area contributed by atoms with Crippen LogP contribution < -0.4 is 0 Å². The Bertz CT molecular complexity index is 143. The molecule has 0 aromatic heterocycles. The molecule has 6 nitrogen and oxygen atoms in total. The third-order valence-electron chi connectivity index (χ3n) is 0.687. The summed E-state index contributed by atoms with van der Waals surface area (Å²) in [5, 5.41) is 3.19. The van der Waals surface area contributed by atoms with Crippen molar-refractivity contribution in [3.63, 3.8) is 0 Å². The van der Waals surface area contributed by atoms with Gasteiger partial charge < -0.3 is 18.9 Å². The summed E-state index contributed by atoms with van der Waals surface area (Å²) in [7, 11) is 2.28. The molecule has 0 aliphatic carbocycles. The van der Waals surface area contributed by atoms with Gasteiger partial charge in [0.05, 0.1) is 14.2 Å². The molecule has 0 heterocycles. The maximum absolute atomic E-state index is 10.2. The molecule has 7 heteroatoms. The van der Waals surface area contributed by atoms with Gasteiger partial charge in [0.15, 0.2) is 0 Å². The second-order valence-corrected chi connectivity index (χ2v) is 1.31. The van der Waals surface area contributed by atoms with Crippen molar-refractivity contribution in [3.8, 4) is 0 Å². The van der Waals surface area contributed by atoms with E-state index in [-0.39, 0.29) is 0 Å². The van der Waals surface area contributed by atoms with E-state index in [2.05, 4.69) is 41.2 Å². The van der Waals surface area contributed by atoms with Crippen molar-refractivity contribution in [2.75, 3.05) is 21.0 Å². The molecular formula is C6H10O6V. The molecule has 0 fully saturated rings. The van der Waals surface area contributed by atoms with Crippen LogP contribution in [0.5, 0.6) is 0 Å². The molecule has 0 rings (SSSR count). The molecule has 0 N–H and O–H groups in total. The molecule has 0 aliphatic heterocycles. The summed E-state index contributed by atoms with van der Waals surface area (Å²) < 4.78 is 16.5. The topological polar surface area (TPSA) is 71.1 Å². The van der Waals surface area contributed by atoms with Gasteiger partial charge in [-0.25, -0.2) is 9.59 Å². The number of carbonyl (C=O) groups is 2. The van der Waals surface area contributed by atoms with E-state index in [1.807, 2.05) is 0 Å². The van der Waals surface area contributed by atoms with Crippen LogP contribution in [-0.2, 0) is 35.9 Å². The zero-order valence-corrected chi connectivity index (χ0v) is 8.71. The molecule has 13 heavy (non-hydrogen) atoms. The van der Waals surface area contributed by atoms with Crippen LogP contribution in [-0.4, -0.2) is 38.6 Å². The summed E-state index contributed by atoms with van der Waals surface area (Å²) in [4.78, 5) is 20.4. The first-order valence-electron chi connectivity index (χ1n) is 2.93. The zero-order valence-electron chi connectivity index (χ0n) is 7.31. The Kier molecular flexibility index (Phi) is 12.3. The number of ether oxygens (including phenoxy) is 4. The molecule has 0 unspecified atom stereocenters. The summed E-state index contributed by atoms with van der Waals surface area (Å²) in [6.45, 7) is -0.515. The van der Waals surface area contributed by atoms with E-state index in [0.29, 0.717) is 0 Å². The van der Waals surface area contributed by atoms with Gasteiger partial charge in [0.2, 0.25) is 6.79 Å². The number of hydrogen-bond acceptors (Lipinski definition) is 6. The Hall–Kier alpha value is -1.01. The van der Waals surface area contributed by atoms with Gasteiger partial charge in [-0.2, -0.15) is 0 Å². The molecule has 0 saturated heterocycles. The molecule has 0 radical (unpaired) electrons. The van der Waals surface area contributed by atoms with Crippen molar-refractivity contribution >= 4 is 17.5 Å². The number of rotatable bonds is 2. The molecule has 0 bridgehead atoms. The summed E-state index contributed by atoms with van der Waals surface area (Å²) in [6.07, 6.45) is -1.84. The van der Waals surface area contributed by atoms with Gasteiger partial charge in [-0.1, -0.05) is 0 Å². The first-order valence-corrected chi connectivity index (χ1v) is 3.92. The predicted molar refractivity (Wildman–Crippen MR) is 39.0 cm³/mol. The van der Waals surface area contributed by atoms with Crippen molar-refractivity contribution in [2.24, 2.45) is 0 Å². The van der Waals surface area contributed by atoms with Crippen molar-refractivity contribution < 1.29 is 45.5 Å². The summed E-state index contributed by atoms with van der Waals surface area (Å²) in [5.41, 5.74) is 0. The monoisotopic (exact) mass is 229 g/mol. The van der Waals surface area contributed by atoms with Crippen LogP contribution in [0.1, 0.15) is 0 Å². The van der Waals surface area contributed by atoms with Gasteiger partial charge in [0, 0.05) is 0 Å². The van der Waals surface area contributed by atoms with Crippen LogP contribution in [0.25, 0.3) is 0 Å². The Morgan fingerprint density at radius 1 is 1.08 bits per heavy atom. The van der Waals surface area contributed by atoms with Crippen molar-refractivity contribution in [1.29, 1.82) is 0 Å². The van der Waals surface area contributed by atoms with E-state index in [9.17, 15) is 9.59 Å². The molecule has 0 spiro atoms. The van der Waals surface area contributed by atoms with Gasteiger partial charge in [0.25, 0.3) is 0 Å². The fraction of sp³-hybridized carbons (Fsp3) is 0.500. The molecule has 0 saturated carbocycles. The van der Waals surface area contributed by atoms with E-state index < -0.39 is 19.1 Å². The number of carbonyl (C=O) groups excluding carboxylic acids is 2. The van der Waals surface area contributed by atoms with Gasteiger partial charge in [-0.15, -0.1) is 0 Å². The molecule has 0 aromatic rings. The number of methoxy groups -OCH3 is 2. The van der Waals surface area contributed by atoms with Gasteiger partial charge in [-0.05, 0) is 0 Å². The summed E-state index contributed by atoms with van der Waals surface area (Å²) in [5.74, 6) is 0. The van der Waals surface area contributed by atoms with Crippen LogP contribution in [0.2, 0.25) is 0 Å². The summed E-state index contributed by atoms with van der Waals surface area (Å²) >= 11 is 2.06. The summed E-state index contributed by atoms with van der Waals surface area (Å²) in [6, 6.07) is 0. The van der Waals surface area contributed by atoms with E-state index >= 15 is 0 Å². The minimum atomic E-state index is -0.922. The molecule has 0 amide bonds. The average molecular weight is 229 g/mol. The second-order valence-electron chi connectivity index (χ2n) is 1.31. The van der Waals surface area contributed by atoms with Crippen LogP contribution in [0.4, 0.5) is 9.59 Å². The van der Waals surface area contributed by atoms with Crippen molar-refractivity contribution in [3.05, 3.63) is 0 Å². The maximum atomic E-state index is 10.2. The predicted octanol–water partition coefficient (Wildman–Crippen LogP) is 0.475. The first-order chi connectivity index (χ1) is 6.20. The van der Waals surface area contributed by atoms with E-state index in [0.717, 1.165) is 14.2 Å². The quantitative estimate of drug-likeness (QED) is 0.506. The Morgan fingerprint density at radius 3 is 1.62 bits per heavy atom. The standard InChI is InChI=1S/C5H8O6.CH2.V/c1-8-4(6)10-3-11-5(7)9-2;;/h3H2,1-2H3;1H2;. The third kappa shape index (κ3) is 11.0. The van der Waals surface area contributed by atoms with Gasteiger partial charge >= 0.3 is 34.5 Å². The molecule has 75 valence electrons. The van der Waals surface area contributed by atoms with Gasteiger partial charge in [0.1, 0.15) is 0 Å². The van der Waals surface area contributed by atoms with Gasteiger partial charge in [-0.3, -0.25) is 0 Å². The van der Waals surface area contributed by atoms with Crippen molar-refractivity contribution in [1.82, 2.24) is 0 Å². The van der Waals surface area contributed by atoms with Crippen LogP contribution >= 0.6 is 0 Å². The third-order valence-corrected chi connectivity index (χ3v) is 0.687. The average Bonchev–Trinajstić information content (AvgIpc) is 2.20. The van der Waals surface area contributed by atoms with Crippen LogP contribution in [0.3, 0.4) is 0 Å². The number of hydrogen-bond donors (Lipinski definition) is 0. The van der Waals surface area contributed by atoms with Crippen molar-refractivity contribution in [2.45, 2.75) is 0 Å². The van der Waals surface area contributed by atoms with E-state index in [4.69, 9.17) is 0 Å². The van der Waals surface area contributed by atoms with E-state index in [1.165, 1.54) is 0 Å². The Labute approximate surface area is 84.6 Å². The SMILES string of the molecule is COC(=O)OCOC(=O)OC.[CH2]=[V]. The zero-order chi connectivity index (χ0) is 10.7. The Morgan fingerprint density at radius 2 is 1.38 bits per heavy atom. The Balaban J connectivity index is 0. The second kappa shape index (κ2) is 11.0. The normalized spacial score (nSPS) is 7.15. The molecule has 0 aromatic carbocycles. The van der Waals surface area contributed by atoms with E-state index in [1.54, 1.807) is 0 Å². The minimum absolute atomic E-state index is 0.515. The molecule has 0 aliphatic rings. The molecular weight excluding hydrogens is 219 g/mol. The van der Waals surface area contributed by atoms with Crippen LogP contribution in [0, 0.1) is 0 Å². The fourth-order valence-electron chi connectivity index (χ4n) is 0.244. The fourth-order valence-corrected chi connectivity index (χ4v) is 0.244.